The number of hydrogen-bond acceptors (Lipinski definition) is 2. The van der Waals surface area contributed by atoms with E-state index in [2.05, 4.69) is 4.98 Å². The third kappa shape index (κ3) is 2.60. The first-order valence-corrected chi connectivity index (χ1v) is 5.94. The molecule has 0 aliphatic rings. The van der Waals surface area contributed by atoms with Crippen molar-refractivity contribution in [1.82, 2.24) is 4.98 Å². The predicted molar refractivity (Wildman–Crippen MR) is 69.6 cm³/mol. The first-order valence-electron chi connectivity index (χ1n) is 5.18. The van der Waals surface area contributed by atoms with Gasteiger partial charge in [-0.15, -0.1) is 0 Å². The Kier molecular flexibility index (Phi) is 4.00. The van der Waals surface area contributed by atoms with Crippen molar-refractivity contribution < 1.29 is 5.11 Å². The average molecular weight is 268 g/mol. The highest BCUT2D eigenvalue weighted by Gasteiger charge is 2.17. The second kappa shape index (κ2) is 5.50. The third-order valence-electron chi connectivity index (χ3n) is 2.65. The quantitative estimate of drug-likeness (QED) is 0.923. The molecule has 0 fully saturated rings. The summed E-state index contributed by atoms with van der Waals surface area (Å²) in [5.74, 6) is -0.177. The van der Waals surface area contributed by atoms with Gasteiger partial charge in [0, 0.05) is 18.3 Å². The Morgan fingerprint density at radius 2 is 1.82 bits per heavy atom. The minimum Gasteiger partial charge on any atom is -0.395 e. The van der Waals surface area contributed by atoms with Gasteiger partial charge in [0.15, 0.2) is 0 Å². The molecule has 0 amide bonds. The number of rotatable bonds is 3. The second-order valence-corrected chi connectivity index (χ2v) is 4.44. The van der Waals surface area contributed by atoms with Crippen LogP contribution in [0.3, 0.4) is 0 Å². The molecule has 0 radical (unpaired) electrons. The van der Waals surface area contributed by atoms with Gasteiger partial charge in [-0.25, -0.2) is 0 Å². The number of aliphatic hydroxyl groups is 1. The van der Waals surface area contributed by atoms with Crippen molar-refractivity contribution in [3.63, 3.8) is 0 Å². The maximum absolute atomic E-state index is 9.53. The van der Waals surface area contributed by atoms with Crippen LogP contribution in [-0.2, 0) is 0 Å². The van der Waals surface area contributed by atoms with Crippen LogP contribution in [0.4, 0.5) is 0 Å². The maximum Gasteiger partial charge on any atom is 0.0631 e. The standard InChI is InChI=1S/C13H11Cl2NO/c14-12-3-1-2-10(13(12)15)11(8-17)9-4-6-16-7-5-9/h1-7,11,17H,8H2. The molecule has 0 bridgehead atoms. The molecular formula is C13H11Cl2NO. The topological polar surface area (TPSA) is 33.1 Å². The van der Waals surface area contributed by atoms with Crippen molar-refractivity contribution in [2.24, 2.45) is 0 Å². The summed E-state index contributed by atoms with van der Waals surface area (Å²) in [6, 6.07) is 9.15. The third-order valence-corrected chi connectivity index (χ3v) is 3.48. The van der Waals surface area contributed by atoms with E-state index >= 15 is 0 Å². The maximum atomic E-state index is 9.53. The Morgan fingerprint density at radius 3 is 2.47 bits per heavy atom. The van der Waals surface area contributed by atoms with Gasteiger partial charge in [-0.05, 0) is 29.3 Å². The summed E-state index contributed by atoms with van der Waals surface area (Å²) in [5, 5.41) is 10.5. The molecule has 0 spiro atoms. The van der Waals surface area contributed by atoms with Crippen molar-refractivity contribution >= 4 is 23.2 Å². The summed E-state index contributed by atoms with van der Waals surface area (Å²) in [4.78, 5) is 3.96. The largest absolute Gasteiger partial charge is 0.395 e. The van der Waals surface area contributed by atoms with Crippen molar-refractivity contribution in [3.8, 4) is 0 Å². The fraction of sp³-hybridized carbons (Fsp3) is 0.154. The van der Waals surface area contributed by atoms with Gasteiger partial charge in [0.2, 0.25) is 0 Å². The van der Waals surface area contributed by atoms with Crippen molar-refractivity contribution in [1.29, 1.82) is 0 Å². The summed E-state index contributed by atoms with van der Waals surface area (Å²) in [7, 11) is 0. The van der Waals surface area contributed by atoms with Crippen LogP contribution < -0.4 is 0 Å². The van der Waals surface area contributed by atoms with E-state index in [1.54, 1.807) is 18.5 Å². The summed E-state index contributed by atoms with van der Waals surface area (Å²) in [5.41, 5.74) is 1.79. The van der Waals surface area contributed by atoms with Gasteiger partial charge in [0.05, 0.1) is 16.7 Å². The lowest BCUT2D eigenvalue weighted by atomic mass is 9.93. The van der Waals surface area contributed by atoms with Crippen LogP contribution in [0.15, 0.2) is 42.7 Å². The van der Waals surface area contributed by atoms with Crippen LogP contribution in [-0.4, -0.2) is 16.7 Å². The Bertz CT molecular complexity index is 502. The van der Waals surface area contributed by atoms with Crippen LogP contribution in [0.1, 0.15) is 17.0 Å². The van der Waals surface area contributed by atoms with Crippen LogP contribution in [0.5, 0.6) is 0 Å². The highest BCUT2D eigenvalue weighted by molar-refractivity contribution is 6.42. The van der Waals surface area contributed by atoms with Gasteiger partial charge in [-0.3, -0.25) is 4.98 Å². The molecule has 1 aromatic heterocycles. The zero-order valence-corrected chi connectivity index (χ0v) is 10.5. The monoisotopic (exact) mass is 267 g/mol. The minimum absolute atomic E-state index is 0.0237. The van der Waals surface area contributed by atoms with Crippen molar-refractivity contribution in [2.75, 3.05) is 6.61 Å². The zero-order chi connectivity index (χ0) is 12.3. The summed E-state index contributed by atoms with van der Waals surface area (Å²) in [6.45, 7) is -0.0237. The molecule has 4 heteroatoms. The van der Waals surface area contributed by atoms with Gasteiger partial charge in [0.25, 0.3) is 0 Å². The summed E-state index contributed by atoms with van der Waals surface area (Å²) < 4.78 is 0. The number of aromatic nitrogens is 1. The molecule has 1 unspecified atom stereocenters. The molecule has 2 aromatic rings. The van der Waals surface area contributed by atoms with E-state index in [9.17, 15) is 5.11 Å². The van der Waals surface area contributed by atoms with Gasteiger partial charge in [-0.1, -0.05) is 35.3 Å². The Morgan fingerprint density at radius 1 is 1.12 bits per heavy atom. The molecule has 1 N–H and O–H groups in total. The lowest BCUT2D eigenvalue weighted by Gasteiger charge is -2.16. The number of aliphatic hydroxyl groups excluding tert-OH is 1. The van der Waals surface area contributed by atoms with E-state index in [1.807, 2.05) is 24.3 Å². The van der Waals surface area contributed by atoms with Gasteiger partial charge >= 0.3 is 0 Å². The first-order chi connectivity index (χ1) is 8.24. The zero-order valence-electron chi connectivity index (χ0n) is 8.98. The number of hydrogen-bond donors (Lipinski definition) is 1. The highest BCUT2D eigenvalue weighted by atomic mass is 35.5. The molecule has 0 aliphatic carbocycles. The molecular weight excluding hydrogens is 257 g/mol. The normalized spacial score (nSPS) is 12.4. The molecule has 1 aromatic carbocycles. The van der Waals surface area contributed by atoms with Crippen LogP contribution in [0.25, 0.3) is 0 Å². The minimum atomic E-state index is -0.177. The number of halogens is 2. The molecule has 0 aliphatic heterocycles. The van der Waals surface area contributed by atoms with Crippen molar-refractivity contribution in [3.05, 3.63) is 63.9 Å². The van der Waals surface area contributed by atoms with Gasteiger partial charge in [0.1, 0.15) is 0 Å². The highest BCUT2D eigenvalue weighted by Crippen LogP contribution is 2.33. The van der Waals surface area contributed by atoms with E-state index in [1.165, 1.54) is 0 Å². The first kappa shape index (κ1) is 12.4. The average Bonchev–Trinajstić information content (AvgIpc) is 2.37. The van der Waals surface area contributed by atoms with E-state index in [0.29, 0.717) is 10.0 Å². The fourth-order valence-electron chi connectivity index (χ4n) is 1.77. The van der Waals surface area contributed by atoms with Gasteiger partial charge < -0.3 is 5.11 Å². The van der Waals surface area contributed by atoms with Crippen LogP contribution >= 0.6 is 23.2 Å². The number of pyridine rings is 1. The lowest BCUT2D eigenvalue weighted by molar-refractivity contribution is 0.280. The number of nitrogens with zero attached hydrogens (tertiary/aromatic N) is 1. The SMILES string of the molecule is OCC(c1ccncc1)c1cccc(Cl)c1Cl. The van der Waals surface area contributed by atoms with Crippen molar-refractivity contribution in [2.45, 2.75) is 5.92 Å². The van der Waals surface area contributed by atoms with E-state index < -0.39 is 0 Å². The van der Waals surface area contributed by atoms with Gasteiger partial charge in [-0.2, -0.15) is 0 Å². The smallest absolute Gasteiger partial charge is 0.0631 e. The van der Waals surface area contributed by atoms with Crippen LogP contribution in [0.2, 0.25) is 10.0 Å². The molecule has 17 heavy (non-hydrogen) atoms. The molecule has 1 atom stereocenters. The molecule has 0 saturated carbocycles. The summed E-state index contributed by atoms with van der Waals surface area (Å²) in [6.07, 6.45) is 3.38. The van der Waals surface area contributed by atoms with Crippen LogP contribution in [0, 0.1) is 0 Å². The van der Waals surface area contributed by atoms with E-state index in [0.717, 1.165) is 11.1 Å². The molecule has 2 nitrogen and oxygen atoms in total. The molecule has 2 rings (SSSR count). The Labute approximate surface area is 110 Å². The fourth-order valence-corrected chi connectivity index (χ4v) is 2.21. The molecule has 1 heterocycles. The summed E-state index contributed by atoms with van der Waals surface area (Å²) >= 11 is 12.1. The van der Waals surface area contributed by atoms with E-state index in [-0.39, 0.29) is 12.5 Å². The Balaban J connectivity index is 2.46. The van der Waals surface area contributed by atoms with E-state index in [4.69, 9.17) is 23.2 Å². The second-order valence-electron chi connectivity index (χ2n) is 3.66. The molecule has 0 saturated heterocycles. The molecule has 88 valence electrons. The lowest BCUT2D eigenvalue weighted by Crippen LogP contribution is -2.06. The Hall–Kier alpha value is -1.09. The number of benzene rings is 1. The predicted octanol–water partition coefficient (Wildman–Crippen LogP) is 3.51.